The van der Waals surface area contributed by atoms with Gasteiger partial charge in [-0.25, -0.2) is 0 Å². The molecule has 1 saturated carbocycles. The Balaban J connectivity index is 1.27. The van der Waals surface area contributed by atoms with Gasteiger partial charge >= 0.3 is 0 Å². The van der Waals surface area contributed by atoms with E-state index in [0.717, 1.165) is 25.3 Å². The molecule has 0 N–H and O–H groups in total. The number of likely N-dealkylation sites (tertiary alicyclic amines) is 1. The summed E-state index contributed by atoms with van der Waals surface area (Å²) in [5.41, 5.74) is 0.900. The number of rotatable bonds is 5. The lowest BCUT2D eigenvalue weighted by Crippen LogP contribution is -2.50. The maximum absolute atomic E-state index is 12.8. The summed E-state index contributed by atoms with van der Waals surface area (Å²) in [5, 5.41) is 0. The van der Waals surface area contributed by atoms with Crippen LogP contribution in [0.25, 0.3) is 0 Å². The molecule has 0 unspecified atom stereocenters. The van der Waals surface area contributed by atoms with Crippen molar-refractivity contribution < 1.29 is 14.3 Å². The molecule has 4 aliphatic rings. The van der Waals surface area contributed by atoms with Gasteiger partial charge in [-0.1, -0.05) is 26.0 Å². The second-order valence-electron chi connectivity index (χ2n) is 9.34. The van der Waals surface area contributed by atoms with Crippen molar-refractivity contribution in [1.82, 2.24) is 9.80 Å². The van der Waals surface area contributed by atoms with Gasteiger partial charge in [-0.2, -0.15) is 0 Å². The van der Waals surface area contributed by atoms with Crippen molar-refractivity contribution in [3.8, 4) is 5.75 Å². The maximum atomic E-state index is 12.8. The van der Waals surface area contributed by atoms with Gasteiger partial charge in [0.15, 0.2) is 5.72 Å². The first-order valence-electron chi connectivity index (χ1n) is 11.0. The summed E-state index contributed by atoms with van der Waals surface area (Å²) in [5.74, 6) is 1.68. The second-order valence-corrected chi connectivity index (χ2v) is 9.34. The minimum absolute atomic E-state index is 0.179. The molecular formula is C23H32N2O3. The van der Waals surface area contributed by atoms with Crippen molar-refractivity contribution >= 4 is 5.91 Å². The third-order valence-corrected chi connectivity index (χ3v) is 7.28. The first-order valence-corrected chi connectivity index (χ1v) is 11.0. The molecule has 1 aliphatic carbocycles. The molecule has 4 fully saturated rings. The Morgan fingerprint density at radius 3 is 2.68 bits per heavy atom. The molecule has 1 amide bonds. The van der Waals surface area contributed by atoms with Crippen LogP contribution < -0.4 is 4.74 Å². The summed E-state index contributed by atoms with van der Waals surface area (Å²) in [6.45, 7) is 6.92. The predicted molar refractivity (Wildman–Crippen MR) is 107 cm³/mol. The molecule has 0 radical (unpaired) electrons. The number of carbonyl (C=O) groups is 1. The van der Waals surface area contributed by atoms with Crippen LogP contribution >= 0.6 is 0 Å². The highest BCUT2D eigenvalue weighted by Crippen LogP contribution is 2.49. The smallest absolute Gasteiger partial charge is 0.226 e. The number of hydrogen-bond donors (Lipinski definition) is 0. The van der Waals surface area contributed by atoms with E-state index in [1.54, 1.807) is 0 Å². The zero-order chi connectivity index (χ0) is 19.3. The van der Waals surface area contributed by atoms with Gasteiger partial charge in [-0.15, -0.1) is 0 Å². The molecule has 152 valence electrons. The van der Waals surface area contributed by atoms with Gasteiger partial charge in [0.25, 0.3) is 0 Å². The third kappa shape index (κ3) is 2.94. The molecule has 1 aromatic carbocycles. The minimum atomic E-state index is -0.377. The molecular weight excluding hydrogens is 352 g/mol. The summed E-state index contributed by atoms with van der Waals surface area (Å²) < 4.78 is 12.4. The highest BCUT2D eigenvalue weighted by Gasteiger charge is 2.64. The Morgan fingerprint density at radius 2 is 1.96 bits per heavy atom. The van der Waals surface area contributed by atoms with Crippen molar-refractivity contribution in [1.29, 1.82) is 0 Å². The van der Waals surface area contributed by atoms with E-state index in [9.17, 15) is 4.79 Å². The fourth-order valence-corrected chi connectivity index (χ4v) is 5.75. The van der Waals surface area contributed by atoms with Gasteiger partial charge in [-0.3, -0.25) is 9.69 Å². The van der Waals surface area contributed by atoms with Crippen LogP contribution in [0.3, 0.4) is 0 Å². The standard InChI is InChI=1S/C23H32N2O3/c1-16(2)20-15-27-23-11-12-24(21(23)13-22(26)25(20)23)14-17-7-9-19(10-8-17)28-18-5-3-4-6-18/h7-10,16,18,20-21H,3-6,11-15H2,1-2H3/t20-,21+,23-/m0/s1. The monoisotopic (exact) mass is 384 g/mol. The summed E-state index contributed by atoms with van der Waals surface area (Å²) in [4.78, 5) is 17.3. The second kappa shape index (κ2) is 7.03. The first kappa shape index (κ1) is 18.4. The number of amides is 1. The molecule has 5 rings (SSSR count). The van der Waals surface area contributed by atoms with Crippen LogP contribution in [0.4, 0.5) is 0 Å². The first-order chi connectivity index (χ1) is 13.6. The van der Waals surface area contributed by atoms with E-state index in [1.807, 2.05) is 0 Å². The fraction of sp³-hybridized carbons (Fsp3) is 0.696. The molecule has 3 aliphatic heterocycles. The normalized spacial score (nSPS) is 33.1. The molecule has 3 heterocycles. The lowest BCUT2D eigenvalue weighted by atomic mass is 10.0. The Hall–Kier alpha value is -1.59. The topological polar surface area (TPSA) is 42.0 Å². The predicted octanol–water partition coefficient (Wildman–Crippen LogP) is 3.57. The summed E-state index contributed by atoms with van der Waals surface area (Å²) >= 11 is 0. The van der Waals surface area contributed by atoms with Crippen molar-refractivity contribution in [2.75, 3.05) is 13.2 Å². The van der Waals surface area contributed by atoms with Gasteiger partial charge in [-0.05, 0) is 49.3 Å². The van der Waals surface area contributed by atoms with E-state index in [4.69, 9.17) is 9.47 Å². The Bertz CT molecular complexity index is 728. The van der Waals surface area contributed by atoms with E-state index in [0.29, 0.717) is 25.0 Å². The molecule has 5 heteroatoms. The molecule has 3 saturated heterocycles. The van der Waals surface area contributed by atoms with Crippen LogP contribution in [-0.4, -0.2) is 52.8 Å². The van der Waals surface area contributed by atoms with Gasteiger partial charge in [0.1, 0.15) is 5.75 Å². The van der Waals surface area contributed by atoms with E-state index < -0.39 is 0 Å². The molecule has 28 heavy (non-hydrogen) atoms. The molecule has 0 aromatic heterocycles. The largest absolute Gasteiger partial charge is 0.490 e. The number of hydrogen-bond acceptors (Lipinski definition) is 4. The average molecular weight is 385 g/mol. The van der Waals surface area contributed by atoms with E-state index in [1.165, 1.54) is 31.2 Å². The average Bonchev–Trinajstić information content (AvgIpc) is 3.42. The maximum Gasteiger partial charge on any atom is 0.226 e. The lowest BCUT2D eigenvalue weighted by molar-refractivity contribution is -0.139. The molecule has 3 atom stereocenters. The molecule has 1 aromatic rings. The summed E-state index contributed by atoms with van der Waals surface area (Å²) in [7, 11) is 0. The molecule has 1 spiro atoms. The van der Waals surface area contributed by atoms with Crippen molar-refractivity contribution in [2.24, 2.45) is 5.92 Å². The zero-order valence-electron chi connectivity index (χ0n) is 17.1. The molecule has 5 nitrogen and oxygen atoms in total. The zero-order valence-corrected chi connectivity index (χ0v) is 17.1. The van der Waals surface area contributed by atoms with Crippen molar-refractivity contribution in [2.45, 2.75) is 82.8 Å². The van der Waals surface area contributed by atoms with Crippen LogP contribution in [0.1, 0.15) is 57.9 Å². The van der Waals surface area contributed by atoms with Crippen LogP contribution in [0.5, 0.6) is 5.75 Å². The van der Waals surface area contributed by atoms with E-state index >= 15 is 0 Å². The number of benzene rings is 1. The summed E-state index contributed by atoms with van der Waals surface area (Å²) in [6, 6.07) is 8.97. The number of carbonyl (C=O) groups excluding carboxylic acids is 1. The number of nitrogens with zero attached hydrogens (tertiary/aromatic N) is 2. The quantitative estimate of drug-likeness (QED) is 0.778. The van der Waals surface area contributed by atoms with Gasteiger partial charge < -0.3 is 14.4 Å². The Kier molecular flexibility index (Phi) is 4.63. The van der Waals surface area contributed by atoms with Crippen molar-refractivity contribution in [3.05, 3.63) is 29.8 Å². The highest BCUT2D eigenvalue weighted by molar-refractivity contribution is 5.82. The molecule has 0 bridgehead atoms. The van der Waals surface area contributed by atoms with Gasteiger partial charge in [0.2, 0.25) is 5.91 Å². The fourth-order valence-electron chi connectivity index (χ4n) is 5.75. The Morgan fingerprint density at radius 1 is 1.21 bits per heavy atom. The Labute approximate surface area is 168 Å². The van der Waals surface area contributed by atoms with Crippen molar-refractivity contribution in [3.63, 3.8) is 0 Å². The highest BCUT2D eigenvalue weighted by atomic mass is 16.5. The van der Waals surface area contributed by atoms with Gasteiger partial charge in [0, 0.05) is 25.9 Å². The van der Waals surface area contributed by atoms with E-state index in [-0.39, 0.29) is 23.7 Å². The van der Waals surface area contributed by atoms with Crippen LogP contribution in [0.15, 0.2) is 24.3 Å². The van der Waals surface area contributed by atoms with Crippen LogP contribution in [0.2, 0.25) is 0 Å². The number of ether oxygens (including phenoxy) is 2. The van der Waals surface area contributed by atoms with Gasteiger partial charge in [0.05, 0.1) is 24.8 Å². The summed E-state index contributed by atoms with van der Waals surface area (Å²) in [6.07, 6.45) is 6.85. The van der Waals surface area contributed by atoms with Crippen LogP contribution in [-0.2, 0) is 16.1 Å². The van der Waals surface area contributed by atoms with Crippen LogP contribution in [0, 0.1) is 5.92 Å². The lowest BCUT2D eigenvalue weighted by Gasteiger charge is -2.34. The SMILES string of the molecule is CC(C)[C@@H]1CO[C@@]23CCN(Cc4ccc(OC5CCCC5)cc4)[C@@H]2CC(=O)N13. The third-order valence-electron chi connectivity index (χ3n) is 7.28. The minimum Gasteiger partial charge on any atom is -0.490 e. The van der Waals surface area contributed by atoms with E-state index in [2.05, 4.69) is 47.9 Å².